The summed E-state index contributed by atoms with van der Waals surface area (Å²) in [6.07, 6.45) is 0. The minimum Gasteiger partial charge on any atom is -0.323 e. The second-order valence-corrected chi connectivity index (χ2v) is 5.79. The summed E-state index contributed by atoms with van der Waals surface area (Å²) in [6.45, 7) is 10.7. The molecule has 0 aliphatic rings. The molecule has 2 N–H and O–H groups in total. The van der Waals surface area contributed by atoms with E-state index in [1.54, 1.807) is 0 Å². The molecule has 14 heavy (non-hydrogen) atoms. The van der Waals surface area contributed by atoms with Crippen molar-refractivity contribution in [2.75, 3.05) is 0 Å². The van der Waals surface area contributed by atoms with E-state index >= 15 is 0 Å². The molecule has 0 bridgehead atoms. The lowest BCUT2D eigenvalue weighted by Gasteiger charge is -2.21. The first-order valence-corrected chi connectivity index (χ1v) is 5.69. The first-order valence-electron chi connectivity index (χ1n) is 4.92. The van der Waals surface area contributed by atoms with Gasteiger partial charge in [0.15, 0.2) is 0 Å². The maximum Gasteiger partial charge on any atom is 0.0857 e. The second kappa shape index (κ2) is 3.95. The van der Waals surface area contributed by atoms with Crippen molar-refractivity contribution >= 4 is 11.5 Å². The molecule has 1 aromatic rings. The van der Waals surface area contributed by atoms with Gasteiger partial charge in [-0.05, 0) is 17.5 Å². The SMILES string of the molecule is CC(C)C(N)c1snnc1C(C)(C)C. The molecule has 0 saturated heterocycles. The molecule has 1 atom stereocenters. The molecule has 1 rings (SSSR count). The molecule has 0 amide bonds. The summed E-state index contributed by atoms with van der Waals surface area (Å²) < 4.78 is 4.00. The Morgan fingerprint density at radius 2 is 1.86 bits per heavy atom. The lowest BCUT2D eigenvalue weighted by Crippen LogP contribution is -2.22. The molecule has 0 radical (unpaired) electrons. The monoisotopic (exact) mass is 213 g/mol. The van der Waals surface area contributed by atoms with Crippen LogP contribution in [-0.2, 0) is 5.41 Å². The third-order valence-electron chi connectivity index (χ3n) is 2.24. The van der Waals surface area contributed by atoms with Crippen LogP contribution in [0.5, 0.6) is 0 Å². The lowest BCUT2D eigenvalue weighted by atomic mass is 9.88. The third kappa shape index (κ3) is 2.30. The largest absolute Gasteiger partial charge is 0.323 e. The fraction of sp³-hybridized carbons (Fsp3) is 0.800. The van der Waals surface area contributed by atoms with Gasteiger partial charge in [0.05, 0.1) is 10.6 Å². The zero-order chi connectivity index (χ0) is 10.9. The minimum atomic E-state index is 0.0366. The Bertz CT molecular complexity index is 299. The number of aromatic nitrogens is 2. The Morgan fingerprint density at radius 1 is 1.29 bits per heavy atom. The van der Waals surface area contributed by atoms with Crippen molar-refractivity contribution in [1.29, 1.82) is 0 Å². The lowest BCUT2D eigenvalue weighted by molar-refractivity contribution is 0.494. The summed E-state index contributed by atoms with van der Waals surface area (Å²) in [6, 6.07) is 0.0595. The van der Waals surface area contributed by atoms with Gasteiger partial charge in [-0.25, -0.2) is 0 Å². The molecule has 0 spiro atoms. The van der Waals surface area contributed by atoms with Crippen molar-refractivity contribution in [2.24, 2.45) is 11.7 Å². The minimum absolute atomic E-state index is 0.0366. The zero-order valence-electron chi connectivity index (χ0n) is 9.53. The first kappa shape index (κ1) is 11.6. The van der Waals surface area contributed by atoms with Crippen molar-refractivity contribution in [3.8, 4) is 0 Å². The van der Waals surface area contributed by atoms with Crippen molar-refractivity contribution < 1.29 is 0 Å². The normalized spacial score (nSPS) is 14.8. The average molecular weight is 213 g/mol. The van der Waals surface area contributed by atoms with E-state index in [2.05, 4.69) is 44.2 Å². The highest BCUT2D eigenvalue weighted by Crippen LogP contribution is 2.31. The number of nitrogens with two attached hydrogens (primary N) is 1. The summed E-state index contributed by atoms with van der Waals surface area (Å²) in [7, 11) is 0. The fourth-order valence-corrected chi connectivity index (χ4v) is 2.28. The van der Waals surface area contributed by atoms with Crippen molar-refractivity contribution in [2.45, 2.75) is 46.1 Å². The smallest absolute Gasteiger partial charge is 0.0857 e. The molecular formula is C10H19N3S. The van der Waals surface area contributed by atoms with Crippen LogP contribution >= 0.6 is 11.5 Å². The van der Waals surface area contributed by atoms with Gasteiger partial charge in [0.1, 0.15) is 0 Å². The Labute approximate surface area is 89.9 Å². The van der Waals surface area contributed by atoms with Gasteiger partial charge in [0.25, 0.3) is 0 Å². The molecule has 80 valence electrons. The van der Waals surface area contributed by atoms with Crippen LogP contribution in [0.25, 0.3) is 0 Å². The van der Waals surface area contributed by atoms with Gasteiger partial charge in [-0.15, -0.1) is 5.10 Å². The van der Waals surface area contributed by atoms with Gasteiger partial charge in [-0.3, -0.25) is 0 Å². The Kier molecular flexibility index (Phi) is 3.27. The van der Waals surface area contributed by atoms with Gasteiger partial charge in [0, 0.05) is 11.5 Å². The molecule has 1 heterocycles. The van der Waals surface area contributed by atoms with Crippen LogP contribution in [-0.4, -0.2) is 9.59 Å². The predicted octanol–water partition coefficient (Wildman–Crippen LogP) is 2.49. The maximum atomic E-state index is 6.11. The van der Waals surface area contributed by atoms with E-state index in [9.17, 15) is 0 Å². The first-order chi connectivity index (χ1) is 6.34. The van der Waals surface area contributed by atoms with Crippen LogP contribution in [0.15, 0.2) is 0 Å². The summed E-state index contributed by atoms with van der Waals surface area (Å²) in [5.74, 6) is 0.429. The van der Waals surface area contributed by atoms with Crippen LogP contribution < -0.4 is 5.73 Å². The quantitative estimate of drug-likeness (QED) is 0.821. The molecule has 1 aromatic heterocycles. The van der Waals surface area contributed by atoms with E-state index in [4.69, 9.17) is 5.73 Å². The Hall–Kier alpha value is -0.480. The van der Waals surface area contributed by atoms with E-state index in [-0.39, 0.29) is 11.5 Å². The maximum absolute atomic E-state index is 6.11. The molecular weight excluding hydrogens is 194 g/mol. The van der Waals surface area contributed by atoms with Gasteiger partial charge < -0.3 is 5.73 Å². The summed E-state index contributed by atoms with van der Waals surface area (Å²) >= 11 is 1.43. The molecule has 3 nitrogen and oxygen atoms in total. The molecule has 0 aromatic carbocycles. The molecule has 0 aliphatic heterocycles. The molecule has 0 fully saturated rings. The molecule has 0 saturated carbocycles. The standard InChI is InChI=1S/C10H19N3S/c1-6(2)7(11)8-9(10(3,4)5)12-13-14-8/h6-7H,11H2,1-5H3. The topological polar surface area (TPSA) is 51.8 Å². The molecule has 0 aliphatic carbocycles. The zero-order valence-corrected chi connectivity index (χ0v) is 10.4. The number of hydrogen-bond acceptors (Lipinski definition) is 4. The summed E-state index contributed by atoms with van der Waals surface area (Å²) in [5, 5.41) is 4.18. The Morgan fingerprint density at radius 3 is 2.29 bits per heavy atom. The van der Waals surface area contributed by atoms with Crippen molar-refractivity contribution in [3.05, 3.63) is 10.6 Å². The highest BCUT2D eigenvalue weighted by molar-refractivity contribution is 7.05. The van der Waals surface area contributed by atoms with Crippen LogP contribution in [0.3, 0.4) is 0 Å². The van der Waals surface area contributed by atoms with E-state index in [1.165, 1.54) is 11.5 Å². The highest BCUT2D eigenvalue weighted by atomic mass is 32.1. The van der Waals surface area contributed by atoms with Gasteiger partial charge >= 0.3 is 0 Å². The van der Waals surface area contributed by atoms with Crippen molar-refractivity contribution in [1.82, 2.24) is 9.59 Å². The van der Waals surface area contributed by atoms with Crippen LogP contribution in [0.4, 0.5) is 0 Å². The van der Waals surface area contributed by atoms with Gasteiger partial charge in [0.2, 0.25) is 0 Å². The second-order valence-electron chi connectivity index (χ2n) is 5.01. The fourth-order valence-electron chi connectivity index (χ4n) is 1.24. The van der Waals surface area contributed by atoms with Crippen molar-refractivity contribution in [3.63, 3.8) is 0 Å². The molecule has 1 unspecified atom stereocenters. The third-order valence-corrected chi connectivity index (χ3v) is 3.07. The number of nitrogens with zero attached hydrogens (tertiary/aromatic N) is 2. The van der Waals surface area contributed by atoms with Crippen LogP contribution in [0.1, 0.15) is 51.2 Å². The average Bonchev–Trinajstić information content (AvgIpc) is 2.48. The van der Waals surface area contributed by atoms with E-state index in [0.717, 1.165) is 10.6 Å². The van der Waals surface area contributed by atoms with Crippen LogP contribution in [0.2, 0.25) is 0 Å². The van der Waals surface area contributed by atoms with Gasteiger partial charge in [-0.2, -0.15) is 0 Å². The number of hydrogen-bond donors (Lipinski definition) is 1. The van der Waals surface area contributed by atoms with Gasteiger partial charge in [-0.1, -0.05) is 39.1 Å². The summed E-state index contributed by atoms with van der Waals surface area (Å²) in [5.41, 5.74) is 7.19. The Balaban J connectivity index is 3.05. The van der Waals surface area contributed by atoms with E-state index in [1.807, 2.05) is 0 Å². The van der Waals surface area contributed by atoms with E-state index < -0.39 is 0 Å². The summed E-state index contributed by atoms with van der Waals surface area (Å²) in [4.78, 5) is 1.13. The highest BCUT2D eigenvalue weighted by Gasteiger charge is 2.26. The van der Waals surface area contributed by atoms with Crippen LogP contribution in [0, 0.1) is 5.92 Å². The molecule has 4 heteroatoms. The predicted molar refractivity (Wildman–Crippen MR) is 60.4 cm³/mol. The number of rotatable bonds is 2. The van der Waals surface area contributed by atoms with E-state index in [0.29, 0.717) is 5.92 Å².